The molecule has 0 atom stereocenters. The lowest BCUT2D eigenvalue weighted by Crippen LogP contribution is -2.43. The second-order valence-electron chi connectivity index (χ2n) is 6.47. The van der Waals surface area contributed by atoms with Gasteiger partial charge in [-0.25, -0.2) is 0 Å². The number of amides is 1. The van der Waals surface area contributed by atoms with Gasteiger partial charge < -0.3 is 14.9 Å². The van der Waals surface area contributed by atoms with Crippen molar-refractivity contribution in [2.24, 2.45) is 0 Å². The first kappa shape index (κ1) is 15.6. The summed E-state index contributed by atoms with van der Waals surface area (Å²) in [4.78, 5) is 12.3. The fourth-order valence-corrected chi connectivity index (χ4v) is 3.25. The Kier molecular flexibility index (Phi) is 3.86. The maximum Gasteiger partial charge on any atom is 0.273 e. The molecular formula is C20H18N2O3. The Morgan fingerprint density at radius 3 is 2.40 bits per heavy atom. The Labute approximate surface area is 145 Å². The fraction of sp³-hybridized carbons (Fsp3) is 0.200. The molecule has 1 aliphatic carbocycles. The van der Waals surface area contributed by atoms with Crippen LogP contribution in [0.15, 0.2) is 65.2 Å². The molecule has 0 aliphatic heterocycles. The van der Waals surface area contributed by atoms with Crippen molar-refractivity contribution in [2.45, 2.75) is 18.4 Å². The third-order valence-corrected chi connectivity index (χ3v) is 4.54. The van der Waals surface area contributed by atoms with Gasteiger partial charge in [-0.05, 0) is 11.1 Å². The zero-order valence-corrected chi connectivity index (χ0v) is 13.6. The van der Waals surface area contributed by atoms with E-state index in [1.807, 2.05) is 54.6 Å². The number of aliphatic hydroxyl groups is 1. The highest BCUT2D eigenvalue weighted by Crippen LogP contribution is 2.29. The Bertz CT molecular complexity index is 877. The van der Waals surface area contributed by atoms with Gasteiger partial charge in [-0.15, -0.1) is 0 Å². The molecule has 1 amide bonds. The van der Waals surface area contributed by atoms with Crippen molar-refractivity contribution in [1.29, 1.82) is 0 Å². The van der Waals surface area contributed by atoms with Gasteiger partial charge in [0.25, 0.3) is 5.91 Å². The number of carbonyl (C=O) groups is 1. The number of aromatic nitrogens is 1. The van der Waals surface area contributed by atoms with Gasteiger partial charge in [0.05, 0.1) is 5.60 Å². The Balaban J connectivity index is 1.41. The van der Waals surface area contributed by atoms with Crippen LogP contribution in [0.5, 0.6) is 0 Å². The van der Waals surface area contributed by atoms with Crippen LogP contribution >= 0.6 is 0 Å². The van der Waals surface area contributed by atoms with E-state index in [1.54, 1.807) is 6.07 Å². The van der Waals surface area contributed by atoms with Crippen LogP contribution in [-0.2, 0) is 12.8 Å². The molecule has 0 bridgehead atoms. The number of hydrogen-bond donors (Lipinski definition) is 2. The van der Waals surface area contributed by atoms with Crippen LogP contribution in [0.25, 0.3) is 11.3 Å². The summed E-state index contributed by atoms with van der Waals surface area (Å²) in [5.41, 5.74) is 2.38. The average Bonchev–Trinajstić information content (AvgIpc) is 3.25. The SMILES string of the molecule is O=C(NCC1(O)Cc2ccccc2C1)c1cc(-c2ccccc2)on1. The van der Waals surface area contributed by atoms with E-state index in [4.69, 9.17) is 4.52 Å². The van der Waals surface area contributed by atoms with Crippen LogP contribution in [-0.4, -0.2) is 28.3 Å². The molecule has 126 valence electrons. The van der Waals surface area contributed by atoms with Crippen LogP contribution in [0.2, 0.25) is 0 Å². The van der Waals surface area contributed by atoms with Gasteiger partial charge in [-0.2, -0.15) is 0 Å². The molecule has 0 radical (unpaired) electrons. The molecule has 3 aromatic rings. The van der Waals surface area contributed by atoms with E-state index in [1.165, 1.54) is 0 Å². The molecule has 4 rings (SSSR count). The quantitative estimate of drug-likeness (QED) is 0.769. The first-order valence-electron chi connectivity index (χ1n) is 8.22. The van der Waals surface area contributed by atoms with Crippen molar-refractivity contribution in [3.05, 3.63) is 77.5 Å². The van der Waals surface area contributed by atoms with E-state index in [2.05, 4.69) is 10.5 Å². The van der Waals surface area contributed by atoms with Gasteiger partial charge in [0, 0.05) is 31.0 Å². The third-order valence-electron chi connectivity index (χ3n) is 4.54. The monoisotopic (exact) mass is 334 g/mol. The lowest BCUT2D eigenvalue weighted by molar-refractivity contribution is 0.0477. The highest BCUT2D eigenvalue weighted by molar-refractivity contribution is 5.93. The summed E-state index contributed by atoms with van der Waals surface area (Å²) in [6, 6.07) is 19.0. The smallest absolute Gasteiger partial charge is 0.273 e. The molecule has 0 fully saturated rings. The van der Waals surface area contributed by atoms with Gasteiger partial charge in [0.15, 0.2) is 11.5 Å². The van der Waals surface area contributed by atoms with Gasteiger partial charge in [-0.3, -0.25) is 4.79 Å². The van der Waals surface area contributed by atoms with E-state index in [-0.39, 0.29) is 18.1 Å². The molecule has 2 N–H and O–H groups in total. The summed E-state index contributed by atoms with van der Waals surface area (Å²) in [5.74, 6) is 0.188. The highest BCUT2D eigenvalue weighted by atomic mass is 16.5. The summed E-state index contributed by atoms with van der Waals surface area (Å²) >= 11 is 0. The lowest BCUT2D eigenvalue weighted by Gasteiger charge is -2.22. The summed E-state index contributed by atoms with van der Waals surface area (Å²) in [7, 11) is 0. The van der Waals surface area contributed by atoms with Crippen molar-refractivity contribution in [2.75, 3.05) is 6.54 Å². The van der Waals surface area contributed by atoms with Crippen LogP contribution in [0.1, 0.15) is 21.6 Å². The van der Waals surface area contributed by atoms with Crippen LogP contribution in [0.4, 0.5) is 0 Å². The normalized spacial score (nSPS) is 14.9. The zero-order valence-electron chi connectivity index (χ0n) is 13.6. The Hall–Kier alpha value is -2.92. The second-order valence-corrected chi connectivity index (χ2v) is 6.47. The Morgan fingerprint density at radius 1 is 1.08 bits per heavy atom. The molecule has 5 heteroatoms. The molecule has 0 saturated heterocycles. The predicted octanol–water partition coefficient (Wildman–Crippen LogP) is 2.60. The number of carbonyl (C=O) groups excluding carboxylic acids is 1. The molecule has 0 unspecified atom stereocenters. The van der Waals surface area contributed by atoms with Gasteiger partial charge in [0.2, 0.25) is 0 Å². The summed E-state index contributed by atoms with van der Waals surface area (Å²) in [6.07, 6.45) is 1.08. The van der Waals surface area contributed by atoms with E-state index in [0.717, 1.165) is 16.7 Å². The zero-order chi connectivity index (χ0) is 17.3. The fourth-order valence-electron chi connectivity index (χ4n) is 3.25. The van der Waals surface area contributed by atoms with Crippen LogP contribution in [0, 0.1) is 0 Å². The topological polar surface area (TPSA) is 75.4 Å². The predicted molar refractivity (Wildman–Crippen MR) is 93.1 cm³/mol. The minimum atomic E-state index is -0.953. The minimum absolute atomic E-state index is 0.175. The minimum Gasteiger partial charge on any atom is -0.387 e. The van der Waals surface area contributed by atoms with Gasteiger partial charge in [0.1, 0.15) is 0 Å². The summed E-state index contributed by atoms with van der Waals surface area (Å²) in [5, 5.41) is 17.3. The van der Waals surface area contributed by atoms with Crippen molar-refractivity contribution < 1.29 is 14.4 Å². The molecule has 1 aliphatic rings. The number of fused-ring (bicyclic) bond motifs is 1. The average molecular weight is 334 g/mol. The van der Waals surface area contributed by atoms with E-state index in [9.17, 15) is 9.90 Å². The molecule has 1 aromatic heterocycles. The first-order valence-corrected chi connectivity index (χ1v) is 8.22. The second kappa shape index (κ2) is 6.18. The third kappa shape index (κ3) is 3.19. The molecule has 25 heavy (non-hydrogen) atoms. The van der Waals surface area contributed by atoms with E-state index in [0.29, 0.717) is 18.6 Å². The molecular weight excluding hydrogens is 316 g/mol. The molecule has 2 aromatic carbocycles. The van der Waals surface area contributed by atoms with Crippen molar-refractivity contribution >= 4 is 5.91 Å². The molecule has 5 nitrogen and oxygen atoms in total. The molecule has 0 saturated carbocycles. The summed E-state index contributed by atoms with van der Waals surface area (Å²) in [6.45, 7) is 0.175. The highest BCUT2D eigenvalue weighted by Gasteiger charge is 2.35. The van der Waals surface area contributed by atoms with Gasteiger partial charge >= 0.3 is 0 Å². The van der Waals surface area contributed by atoms with Crippen LogP contribution < -0.4 is 5.32 Å². The maximum absolute atomic E-state index is 12.3. The molecule has 0 spiro atoms. The number of hydrogen-bond acceptors (Lipinski definition) is 4. The first-order chi connectivity index (χ1) is 12.1. The van der Waals surface area contributed by atoms with E-state index >= 15 is 0 Å². The number of benzene rings is 2. The van der Waals surface area contributed by atoms with Crippen molar-refractivity contribution in [3.63, 3.8) is 0 Å². The van der Waals surface area contributed by atoms with E-state index < -0.39 is 5.60 Å². The lowest BCUT2D eigenvalue weighted by atomic mass is 10.0. The summed E-state index contributed by atoms with van der Waals surface area (Å²) < 4.78 is 5.25. The van der Waals surface area contributed by atoms with Crippen molar-refractivity contribution in [1.82, 2.24) is 10.5 Å². The largest absolute Gasteiger partial charge is 0.387 e. The standard InChI is InChI=1S/C20H18N2O3/c23-19(17-10-18(25-22-17)14-6-2-1-3-7-14)21-13-20(24)11-15-8-4-5-9-16(15)12-20/h1-10,24H,11-13H2,(H,21,23). The number of nitrogens with zero attached hydrogens (tertiary/aromatic N) is 1. The molecule has 1 heterocycles. The van der Waals surface area contributed by atoms with Gasteiger partial charge in [-0.1, -0.05) is 59.8 Å². The Morgan fingerprint density at radius 2 is 1.72 bits per heavy atom. The van der Waals surface area contributed by atoms with Crippen LogP contribution in [0.3, 0.4) is 0 Å². The number of rotatable bonds is 4. The number of nitrogens with one attached hydrogen (secondary N) is 1. The maximum atomic E-state index is 12.3. The van der Waals surface area contributed by atoms with Crippen molar-refractivity contribution in [3.8, 4) is 11.3 Å².